The van der Waals surface area contributed by atoms with Crippen LogP contribution in [0.4, 0.5) is 5.69 Å². The lowest BCUT2D eigenvalue weighted by atomic mass is 10.1. The highest BCUT2D eigenvalue weighted by molar-refractivity contribution is 5.99. The van der Waals surface area contributed by atoms with Gasteiger partial charge in [0.15, 0.2) is 11.9 Å². The van der Waals surface area contributed by atoms with Gasteiger partial charge in [0.05, 0.1) is 17.8 Å². The number of aliphatic carboxylic acids is 1. The number of rotatable bonds is 5. The molecular formula is C13H16N2O5. The van der Waals surface area contributed by atoms with Crippen LogP contribution in [-0.2, 0) is 9.53 Å². The zero-order valence-corrected chi connectivity index (χ0v) is 11.0. The largest absolute Gasteiger partial charge is 0.489 e. The second kappa shape index (κ2) is 6.25. The summed E-state index contributed by atoms with van der Waals surface area (Å²) in [6.07, 6.45) is -1.07. The number of fused-ring (bicyclic) bond motifs is 1. The van der Waals surface area contributed by atoms with Gasteiger partial charge in [0.1, 0.15) is 6.61 Å². The highest BCUT2D eigenvalue weighted by Gasteiger charge is 2.21. The van der Waals surface area contributed by atoms with Crippen molar-refractivity contribution in [1.29, 1.82) is 0 Å². The number of carbonyl (C=O) groups is 2. The minimum Gasteiger partial charge on any atom is -0.489 e. The molecule has 0 bridgehead atoms. The first-order chi connectivity index (χ1) is 9.63. The van der Waals surface area contributed by atoms with Crippen molar-refractivity contribution in [2.75, 3.05) is 32.1 Å². The zero-order chi connectivity index (χ0) is 14.5. The monoisotopic (exact) mass is 280 g/mol. The van der Waals surface area contributed by atoms with E-state index in [2.05, 4.69) is 10.6 Å². The van der Waals surface area contributed by atoms with Crippen LogP contribution in [0.25, 0.3) is 0 Å². The van der Waals surface area contributed by atoms with Crippen molar-refractivity contribution in [3.05, 3.63) is 23.8 Å². The minimum atomic E-state index is -1.12. The Labute approximate surface area is 115 Å². The Morgan fingerprint density at radius 2 is 2.35 bits per heavy atom. The number of carboxylic acids is 1. The molecule has 1 aromatic carbocycles. The fourth-order valence-electron chi connectivity index (χ4n) is 1.90. The van der Waals surface area contributed by atoms with Crippen LogP contribution in [0, 0.1) is 0 Å². The number of ether oxygens (including phenoxy) is 2. The number of carboxylic acid groups (broad SMARTS) is 1. The minimum absolute atomic E-state index is 0.109. The van der Waals surface area contributed by atoms with Crippen molar-refractivity contribution in [2.24, 2.45) is 0 Å². The van der Waals surface area contributed by atoms with Crippen LogP contribution >= 0.6 is 0 Å². The van der Waals surface area contributed by atoms with Crippen LogP contribution in [0.5, 0.6) is 5.75 Å². The van der Waals surface area contributed by atoms with Crippen LogP contribution in [0.2, 0.25) is 0 Å². The molecule has 7 nitrogen and oxygen atoms in total. The third-order valence-electron chi connectivity index (χ3n) is 2.93. The van der Waals surface area contributed by atoms with Gasteiger partial charge in [0, 0.05) is 13.7 Å². The smallest absolute Gasteiger partial charge is 0.334 e. The Hall–Kier alpha value is -2.28. The van der Waals surface area contributed by atoms with E-state index in [9.17, 15) is 9.59 Å². The van der Waals surface area contributed by atoms with Crippen LogP contribution in [0.3, 0.4) is 0 Å². The van der Waals surface area contributed by atoms with Gasteiger partial charge < -0.3 is 25.2 Å². The molecule has 0 saturated carbocycles. The third kappa shape index (κ3) is 3.00. The molecule has 0 radical (unpaired) electrons. The zero-order valence-electron chi connectivity index (χ0n) is 11.0. The quantitative estimate of drug-likeness (QED) is 0.718. The van der Waals surface area contributed by atoms with Gasteiger partial charge >= 0.3 is 5.97 Å². The molecular weight excluding hydrogens is 264 g/mol. The molecule has 7 heteroatoms. The van der Waals surface area contributed by atoms with Crippen LogP contribution in [-0.4, -0.2) is 49.9 Å². The summed E-state index contributed by atoms with van der Waals surface area (Å²) in [4.78, 5) is 22.9. The van der Waals surface area contributed by atoms with Crippen molar-refractivity contribution in [1.82, 2.24) is 5.32 Å². The van der Waals surface area contributed by atoms with Gasteiger partial charge in [-0.15, -0.1) is 0 Å². The van der Waals surface area contributed by atoms with Crippen molar-refractivity contribution in [3.8, 4) is 5.75 Å². The summed E-state index contributed by atoms with van der Waals surface area (Å²) in [5, 5.41) is 14.5. The lowest BCUT2D eigenvalue weighted by Gasteiger charge is -2.21. The standard InChI is InChI=1S/C13H16N2O5/c1-19-10(13(17)18)7-15-12(16)8-3-2-4-9-11(8)20-6-5-14-9/h2-4,10,14H,5-7H2,1H3,(H,15,16)(H,17,18). The Bertz CT molecular complexity index is 517. The molecule has 1 aliphatic heterocycles. The maximum absolute atomic E-state index is 12.1. The van der Waals surface area contributed by atoms with Crippen LogP contribution in [0.15, 0.2) is 18.2 Å². The Kier molecular flexibility index (Phi) is 4.41. The molecule has 0 aliphatic carbocycles. The Balaban J connectivity index is 2.08. The van der Waals surface area contributed by atoms with Gasteiger partial charge in [-0.3, -0.25) is 4.79 Å². The SMILES string of the molecule is COC(CNC(=O)c1cccc2c1OCCN2)C(=O)O. The first-order valence-corrected chi connectivity index (χ1v) is 6.17. The van der Waals surface area contributed by atoms with Crippen molar-refractivity contribution < 1.29 is 24.2 Å². The lowest BCUT2D eigenvalue weighted by Crippen LogP contribution is -2.38. The molecule has 1 amide bonds. The number of anilines is 1. The van der Waals surface area contributed by atoms with E-state index in [0.717, 1.165) is 5.69 Å². The molecule has 1 aromatic rings. The molecule has 0 fully saturated rings. The van der Waals surface area contributed by atoms with Crippen molar-refractivity contribution in [3.63, 3.8) is 0 Å². The number of hydrogen-bond donors (Lipinski definition) is 3. The molecule has 0 aromatic heterocycles. The highest BCUT2D eigenvalue weighted by atomic mass is 16.5. The summed E-state index contributed by atoms with van der Waals surface area (Å²) in [5.41, 5.74) is 1.13. The maximum atomic E-state index is 12.1. The molecule has 0 saturated heterocycles. The fraction of sp³-hybridized carbons (Fsp3) is 0.385. The second-order valence-electron chi connectivity index (χ2n) is 4.23. The number of methoxy groups -OCH3 is 1. The third-order valence-corrected chi connectivity index (χ3v) is 2.93. The number of nitrogens with one attached hydrogen (secondary N) is 2. The van der Waals surface area contributed by atoms with E-state index in [1.54, 1.807) is 12.1 Å². The summed E-state index contributed by atoms with van der Waals surface area (Å²) in [6.45, 7) is 1.05. The average Bonchev–Trinajstić information content (AvgIpc) is 2.46. The topological polar surface area (TPSA) is 96.9 Å². The average molecular weight is 280 g/mol. The second-order valence-corrected chi connectivity index (χ2v) is 4.23. The number of benzene rings is 1. The molecule has 2 rings (SSSR count). The van der Waals surface area contributed by atoms with Gasteiger partial charge in [-0.1, -0.05) is 6.07 Å². The first-order valence-electron chi connectivity index (χ1n) is 6.17. The van der Waals surface area contributed by atoms with E-state index in [4.69, 9.17) is 14.6 Å². The summed E-state index contributed by atoms with van der Waals surface area (Å²) < 4.78 is 10.2. The van der Waals surface area contributed by atoms with E-state index in [0.29, 0.717) is 24.5 Å². The molecule has 3 N–H and O–H groups in total. The molecule has 1 atom stereocenters. The molecule has 0 spiro atoms. The van der Waals surface area contributed by atoms with E-state index in [-0.39, 0.29) is 6.54 Å². The van der Waals surface area contributed by atoms with Crippen LogP contribution in [0.1, 0.15) is 10.4 Å². The fourth-order valence-corrected chi connectivity index (χ4v) is 1.90. The predicted molar refractivity (Wildman–Crippen MR) is 71.2 cm³/mol. The maximum Gasteiger partial charge on any atom is 0.334 e. The lowest BCUT2D eigenvalue weighted by molar-refractivity contribution is -0.148. The van der Waals surface area contributed by atoms with Gasteiger partial charge in [0.2, 0.25) is 0 Å². The summed E-state index contributed by atoms with van der Waals surface area (Å²) in [5.74, 6) is -1.03. The Morgan fingerprint density at radius 3 is 3.05 bits per heavy atom. The van der Waals surface area contributed by atoms with E-state index >= 15 is 0 Å². The normalized spacial score (nSPS) is 14.4. The van der Waals surface area contributed by atoms with Gasteiger partial charge in [-0.05, 0) is 12.1 Å². The summed E-state index contributed by atoms with van der Waals surface area (Å²) >= 11 is 0. The number of para-hydroxylation sites is 1. The number of hydrogen-bond acceptors (Lipinski definition) is 5. The highest BCUT2D eigenvalue weighted by Crippen LogP contribution is 2.30. The van der Waals surface area contributed by atoms with Crippen LogP contribution < -0.4 is 15.4 Å². The summed E-state index contributed by atoms with van der Waals surface area (Å²) in [7, 11) is 1.28. The molecule has 1 aliphatic rings. The van der Waals surface area contributed by atoms with Gasteiger partial charge in [0.25, 0.3) is 5.91 Å². The number of carbonyl (C=O) groups excluding carboxylic acids is 1. The molecule has 20 heavy (non-hydrogen) atoms. The van der Waals surface area contributed by atoms with Gasteiger partial charge in [-0.25, -0.2) is 4.79 Å². The van der Waals surface area contributed by atoms with E-state index in [1.165, 1.54) is 7.11 Å². The molecule has 108 valence electrons. The van der Waals surface area contributed by atoms with Crippen molar-refractivity contribution >= 4 is 17.6 Å². The summed E-state index contributed by atoms with van der Waals surface area (Å²) in [6, 6.07) is 5.19. The van der Waals surface area contributed by atoms with Gasteiger partial charge in [-0.2, -0.15) is 0 Å². The Morgan fingerprint density at radius 1 is 1.55 bits per heavy atom. The van der Waals surface area contributed by atoms with Crippen molar-refractivity contribution in [2.45, 2.75) is 6.10 Å². The number of amides is 1. The predicted octanol–water partition coefficient (Wildman–Crippen LogP) is 0.320. The molecule has 1 heterocycles. The van der Waals surface area contributed by atoms with E-state index < -0.39 is 18.0 Å². The molecule has 1 unspecified atom stereocenters. The van der Waals surface area contributed by atoms with E-state index in [1.807, 2.05) is 6.07 Å². The first kappa shape index (κ1) is 14.1.